The predicted octanol–water partition coefficient (Wildman–Crippen LogP) is 3.87. The van der Waals surface area contributed by atoms with Crippen LogP contribution in [0.4, 0.5) is 0 Å². The summed E-state index contributed by atoms with van der Waals surface area (Å²) < 4.78 is 5.22. The Hall–Kier alpha value is -2.04. The van der Waals surface area contributed by atoms with Crippen molar-refractivity contribution in [3.63, 3.8) is 0 Å². The van der Waals surface area contributed by atoms with Crippen LogP contribution in [-0.2, 0) is 4.79 Å². The number of benzene rings is 2. The van der Waals surface area contributed by atoms with Crippen LogP contribution in [0.1, 0.15) is 29.5 Å². The highest BCUT2D eigenvalue weighted by atomic mass is 35.5. The van der Waals surface area contributed by atoms with Crippen molar-refractivity contribution in [2.45, 2.75) is 18.4 Å². The summed E-state index contributed by atoms with van der Waals surface area (Å²) in [4.78, 5) is 14.7. The topological polar surface area (TPSA) is 41.6 Å². The van der Waals surface area contributed by atoms with Gasteiger partial charge in [-0.25, -0.2) is 0 Å². The van der Waals surface area contributed by atoms with Crippen LogP contribution in [0.25, 0.3) is 0 Å². The van der Waals surface area contributed by atoms with Gasteiger partial charge >= 0.3 is 0 Å². The highest BCUT2D eigenvalue weighted by Gasteiger charge is 2.44. The van der Waals surface area contributed by atoms with Crippen LogP contribution < -0.4 is 10.1 Å². The van der Waals surface area contributed by atoms with Gasteiger partial charge in [0.1, 0.15) is 5.75 Å². The molecule has 0 radical (unpaired) electrons. The Kier molecular flexibility index (Phi) is 5.84. The largest absolute Gasteiger partial charge is 0.497 e. The standard InChI is InChI=1S/C21H25ClN2O2/c1-24(2)20(14-8-10-15(26-3)11-9-14)13-23-21(25)18-12-17(18)16-6-4-5-7-19(16)22/h4-11,17-18,20H,12-13H2,1-3H3,(H,23,25). The number of carbonyl (C=O) groups excluding carboxylic acids is 1. The maximum atomic E-state index is 12.6. The molecule has 1 saturated carbocycles. The zero-order valence-corrected chi connectivity index (χ0v) is 16.2. The van der Waals surface area contributed by atoms with E-state index in [0.29, 0.717) is 6.54 Å². The lowest BCUT2D eigenvalue weighted by Gasteiger charge is -2.25. The van der Waals surface area contributed by atoms with Gasteiger partial charge in [0.25, 0.3) is 0 Å². The molecule has 0 aliphatic heterocycles. The highest BCUT2D eigenvalue weighted by molar-refractivity contribution is 6.31. The van der Waals surface area contributed by atoms with E-state index in [1.807, 2.05) is 62.6 Å². The lowest BCUT2D eigenvalue weighted by molar-refractivity contribution is -0.122. The third kappa shape index (κ3) is 4.19. The minimum Gasteiger partial charge on any atom is -0.497 e. The summed E-state index contributed by atoms with van der Waals surface area (Å²) in [5, 5.41) is 3.86. The van der Waals surface area contributed by atoms with Crippen LogP contribution in [0.15, 0.2) is 48.5 Å². The second-order valence-electron chi connectivity index (χ2n) is 6.97. The molecule has 138 valence electrons. The summed E-state index contributed by atoms with van der Waals surface area (Å²) in [6.07, 6.45) is 0.866. The zero-order valence-electron chi connectivity index (χ0n) is 15.4. The predicted molar refractivity (Wildman–Crippen MR) is 105 cm³/mol. The Morgan fingerprint density at radius 3 is 2.54 bits per heavy atom. The first-order valence-corrected chi connectivity index (χ1v) is 9.21. The van der Waals surface area contributed by atoms with E-state index < -0.39 is 0 Å². The summed E-state index contributed by atoms with van der Waals surface area (Å²) in [6, 6.07) is 15.9. The van der Waals surface area contributed by atoms with Gasteiger partial charge in [-0.1, -0.05) is 41.9 Å². The molecule has 0 heterocycles. The highest BCUT2D eigenvalue weighted by Crippen LogP contribution is 2.49. The van der Waals surface area contributed by atoms with Crippen molar-refractivity contribution in [2.75, 3.05) is 27.7 Å². The molecule has 2 aromatic rings. The minimum atomic E-state index is 0.0218. The number of methoxy groups -OCH3 is 1. The number of carbonyl (C=O) groups is 1. The van der Waals surface area contributed by atoms with Gasteiger partial charge in [-0.05, 0) is 55.8 Å². The molecule has 3 atom stereocenters. The van der Waals surface area contributed by atoms with E-state index in [0.717, 1.165) is 28.3 Å². The molecule has 1 amide bonds. The van der Waals surface area contributed by atoms with Crippen LogP contribution in [0.5, 0.6) is 5.75 Å². The average Bonchev–Trinajstić information content (AvgIpc) is 3.43. The van der Waals surface area contributed by atoms with Crippen LogP contribution in [0.2, 0.25) is 5.02 Å². The molecule has 5 heteroatoms. The number of hydrogen-bond donors (Lipinski definition) is 1. The van der Waals surface area contributed by atoms with Gasteiger partial charge in [-0.15, -0.1) is 0 Å². The summed E-state index contributed by atoms with van der Waals surface area (Å²) in [6.45, 7) is 0.573. The number of ether oxygens (including phenoxy) is 1. The lowest BCUT2D eigenvalue weighted by atomic mass is 10.1. The summed E-state index contributed by atoms with van der Waals surface area (Å²) in [5.41, 5.74) is 2.23. The van der Waals surface area contributed by atoms with Crippen molar-refractivity contribution in [3.05, 3.63) is 64.7 Å². The van der Waals surface area contributed by atoms with E-state index in [4.69, 9.17) is 16.3 Å². The van der Waals surface area contributed by atoms with Crippen LogP contribution in [0, 0.1) is 5.92 Å². The molecular formula is C21H25ClN2O2. The Balaban J connectivity index is 1.59. The fourth-order valence-corrected chi connectivity index (χ4v) is 3.63. The van der Waals surface area contributed by atoms with E-state index in [9.17, 15) is 4.79 Å². The summed E-state index contributed by atoms with van der Waals surface area (Å²) in [5.74, 6) is 1.20. The van der Waals surface area contributed by atoms with Crippen LogP contribution in [0.3, 0.4) is 0 Å². The summed E-state index contributed by atoms with van der Waals surface area (Å²) in [7, 11) is 5.69. The molecule has 1 fully saturated rings. The van der Waals surface area contributed by atoms with Gasteiger partial charge in [-0.3, -0.25) is 4.79 Å². The number of nitrogens with one attached hydrogen (secondary N) is 1. The molecule has 1 aliphatic carbocycles. The average molecular weight is 373 g/mol. The molecule has 4 nitrogen and oxygen atoms in total. The number of halogens is 1. The van der Waals surface area contributed by atoms with Gasteiger partial charge < -0.3 is 15.0 Å². The third-order valence-corrected chi connectivity index (χ3v) is 5.37. The molecule has 0 bridgehead atoms. The molecule has 0 spiro atoms. The van der Waals surface area contributed by atoms with Gasteiger partial charge in [0.2, 0.25) is 5.91 Å². The van der Waals surface area contributed by atoms with E-state index in [2.05, 4.69) is 10.2 Å². The van der Waals surface area contributed by atoms with E-state index in [-0.39, 0.29) is 23.8 Å². The SMILES string of the molecule is COc1ccc(C(CNC(=O)C2CC2c2ccccc2Cl)N(C)C)cc1. The lowest BCUT2D eigenvalue weighted by Crippen LogP contribution is -2.35. The zero-order chi connectivity index (χ0) is 18.7. The molecule has 0 aromatic heterocycles. The molecule has 26 heavy (non-hydrogen) atoms. The first-order chi connectivity index (χ1) is 12.5. The van der Waals surface area contributed by atoms with Crippen molar-refractivity contribution in [3.8, 4) is 5.75 Å². The van der Waals surface area contributed by atoms with Crippen molar-refractivity contribution < 1.29 is 9.53 Å². The fraction of sp³-hybridized carbons (Fsp3) is 0.381. The molecule has 3 rings (SSSR count). The Morgan fingerprint density at radius 2 is 1.92 bits per heavy atom. The minimum absolute atomic E-state index is 0.0218. The van der Waals surface area contributed by atoms with E-state index >= 15 is 0 Å². The van der Waals surface area contributed by atoms with Crippen molar-refractivity contribution in [1.82, 2.24) is 10.2 Å². The fourth-order valence-electron chi connectivity index (χ4n) is 3.36. The first kappa shape index (κ1) is 18.7. The maximum Gasteiger partial charge on any atom is 0.223 e. The molecular weight excluding hydrogens is 348 g/mol. The number of amides is 1. The number of nitrogens with zero attached hydrogens (tertiary/aromatic N) is 1. The molecule has 1 N–H and O–H groups in total. The molecule has 1 aliphatic rings. The number of likely N-dealkylation sites (N-methyl/N-ethyl adjacent to an activating group) is 1. The second kappa shape index (κ2) is 8.11. The molecule has 2 aromatic carbocycles. The Labute approximate surface area is 160 Å². The molecule has 3 unspecified atom stereocenters. The van der Waals surface area contributed by atoms with Crippen LogP contribution in [-0.4, -0.2) is 38.6 Å². The third-order valence-electron chi connectivity index (χ3n) is 5.03. The van der Waals surface area contributed by atoms with E-state index in [1.54, 1.807) is 7.11 Å². The molecule has 0 saturated heterocycles. The monoisotopic (exact) mass is 372 g/mol. The van der Waals surface area contributed by atoms with Gasteiger partial charge in [0, 0.05) is 17.5 Å². The normalized spacial score (nSPS) is 19.9. The Bertz CT molecular complexity index is 761. The number of rotatable bonds is 7. The smallest absolute Gasteiger partial charge is 0.223 e. The number of hydrogen-bond acceptors (Lipinski definition) is 3. The van der Waals surface area contributed by atoms with E-state index in [1.165, 1.54) is 0 Å². The van der Waals surface area contributed by atoms with Crippen molar-refractivity contribution >= 4 is 17.5 Å². The maximum absolute atomic E-state index is 12.6. The quantitative estimate of drug-likeness (QED) is 0.802. The van der Waals surface area contributed by atoms with Gasteiger partial charge in [0.15, 0.2) is 0 Å². The summed E-state index contributed by atoms with van der Waals surface area (Å²) >= 11 is 6.25. The Morgan fingerprint density at radius 1 is 1.23 bits per heavy atom. The van der Waals surface area contributed by atoms with Crippen molar-refractivity contribution in [2.24, 2.45) is 5.92 Å². The van der Waals surface area contributed by atoms with Crippen LogP contribution >= 0.6 is 11.6 Å². The second-order valence-corrected chi connectivity index (χ2v) is 7.38. The van der Waals surface area contributed by atoms with Gasteiger partial charge in [0.05, 0.1) is 13.2 Å². The van der Waals surface area contributed by atoms with Crippen molar-refractivity contribution in [1.29, 1.82) is 0 Å². The van der Waals surface area contributed by atoms with Gasteiger partial charge in [-0.2, -0.15) is 0 Å². The first-order valence-electron chi connectivity index (χ1n) is 8.83.